The first-order chi connectivity index (χ1) is 8.35. The van der Waals surface area contributed by atoms with Crippen LogP contribution in [0.15, 0.2) is 32.9 Å². The second-order valence-electron chi connectivity index (χ2n) is 4.54. The van der Waals surface area contributed by atoms with E-state index in [0.29, 0.717) is 0 Å². The van der Waals surface area contributed by atoms with E-state index >= 15 is 0 Å². The highest BCUT2D eigenvalue weighted by Gasteiger charge is 2.58. The summed E-state index contributed by atoms with van der Waals surface area (Å²) in [6, 6.07) is 3.18. The number of sulfonamides is 1. The van der Waals surface area contributed by atoms with Crippen LogP contribution in [-0.2, 0) is 29.7 Å². The normalized spacial score (nSPS) is 22.9. The number of fused-ring (bicyclic) bond motifs is 1. The van der Waals surface area contributed by atoms with Crippen LogP contribution in [0, 0.1) is 0 Å². The van der Waals surface area contributed by atoms with E-state index in [9.17, 15) is 25.3 Å². The van der Waals surface area contributed by atoms with Crippen molar-refractivity contribution in [1.82, 2.24) is 0 Å². The second-order valence-corrected chi connectivity index (χ2v) is 11.2. The van der Waals surface area contributed by atoms with Crippen LogP contribution >= 0.6 is 0 Å². The maximum absolute atomic E-state index is 12.3. The molecule has 106 valence electrons. The molecule has 0 radical (unpaired) electrons. The molecule has 0 spiro atoms. The lowest BCUT2D eigenvalue weighted by Gasteiger charge is -2.15. The van der Waals surface area contributed by atoms with E-state index in [0.717, 1.165) is 32.0 Å². The van der Waals surface area contributed by atoms with Crippen LogP contribution in [0.3, 0.4) is 0 Å². The summed E-state index contributed by atoms with van der Waals surface area (Å²) in [6.45, 7) is 2.04. The fourth-order valence-corrected chi connectivity index (χ4v) is 7.86. The quantitative estimate of drug-likeness (QED) is 0.750. The molecule has 19 heavy (non-hydrogen) atoms. The molecule has 1 aliphatic heterocycles. The van der Waals surface area contributed by atoms with Gasteiger partial charge in [0.1, 0.15) is 9.79 Å². The van der Waals surface area contributed by atoms with Gasteiger partial charge in [0.05, 0.1) is 4.90 Å². The molecular weight excluding hydrogens is 314 g/mol. The number of rotatable bonds is 1. The summed E-state index contributed by atoms with van der Waals surface area (Å²) in [4.78, 5) is -1.95. The minimum Gasteiger partial charge on any atom is -0.225 e. The van der Waals surface area contributed by atoms with Gasteiger partial charge in [-0.2, -0.15) is 0 Å². The SMILES string of the molecule is CC1(C)S(=O)(=O)c2cccc(S(N)(=O)=O)c2S1(=O)=O. The summed E-state index contributed by atoms with van der Waals surface area (Å²) in [5, 5.41) is 4.94. The average molecular weight is 325 g/mol. The first-order valence-corrected chi connectivity index (χ1v) is 9.51. The number of hydrogen-bond donors (Lipinski definition) is 1. The van der Waals surface area contributed by atoms with E-state index < -0.39 is 48.5 Å². The molecule has 1 heterocycles. The second kappa shape index (κ2) is 3.57. The Morgan fingerprint density at radius 2 is 1.58 bits per heavy atom. The molecule has 0 saturated carbocycles. The summed E-state index contributed by atoms with van der Waals surface area (Å²) in [5.74, 6) is 0. The van der Waals surface area contributed by atoms with Crippen LogP contribution in [0.5, 0.6) is 0 Å². The number of nitrogens with two attached hydrogens (primary N) is 1. The molecule has 0 saturated heterocycles. The molecule has 0 bridgehead atoms. The summed E-state index contributed by atoms with van der Waals surface area (Å²) in [6.07, 6.45) is 0. The van der Waals surface area contributed by atoms with Crippen molar-refractivity contribution in [2.45, 2.75) is 32.6 Å². The van der Waals surface area contributed by atoms with Gasteiger partial charge in [-0.05, 0) is 26.0 Å². The van der Waals surface area contributed by atoms with Crippen molar-refractivity contribution in [3.8, 4) is 0 Å². The molecule has 7 nitrogen and oxygen atoms in total. The van der Waals surface area contributed by atoms with Crippen molar-refractivity contribution in [3.05, 3.63) is 18.2 Å². The maximum atomic E-state index is 12.3. The molecule has 0 atom stereocenters. The van der Waals surface area contributed by atoms with Crippen LogP contribution in [0.1, 0.15) is 13.8 Å². The Kier molecular flexibility index (Phi) is 2.71. The van der Waals surface area contributed by atoms with E-state index in [1.54, 1.807) is 0 Å². The molecule has 10 heteroatoms. The monoisotopic (exact) mass is 325 g/mol. The van der Waals surface area contributed by atoms with Crippen molar-refractivity contribution in [2.75, 3.05) is 0 Å². The largest absolute Gasteiger partial charge is 0.239 e. The third kappa shape index (κ3) is 1.60. The van der Waals surface area contributed by atoms with E-state index in [2.05, 4.69) is 0 Å². The van der Waals surface area contributed by atoms with Gasteiger partial charge in [-0.1, -0.05) is 6.07 Å². The molecule has 0 unspecified atom stereocenters. The summed E-state index contributed by atoms with van der Waals surface area (Å²) in [7, 11) is -12.9. The molecule has 0 aromatic heterocycles. The number of hydrogen-bond acceptors (Lipinski definition) is 6. The van der Waals surface area contributed by atoms with Crippen LogP contribution in [0.2, 0.25) is 0 Å². The van der Waals surface area contributed by atoms with Gasteiger partial charge in [0.25, 0.3) is 0 Å². The van der Waals surface area contributed by atoms with Crippen LogP contribution in [0.25, 0.3) is 0 Å². The molecule has 2 N–H and O–H groups in total. The molecule has 0 amide bonds. The number of primary sulfonamides is 1. The smallest absolute Gasteiger partial charge is 0.225 e. The van der Waals surface area contributed by atoms with Crippen molar-refractivity contribution in [1.29, 1.82) is 0 Å². The fourth-order valence-electron chi connectivity index (χ4n) is 1.85. The highest BCUT2D eigenvalue weighted by atomic mass is 32.3. The zero-order chi connectivity index (χ0) is 14.9. The predicted molar refractivity (Wildman–Crippen MR) is 66.3 cm³/mol. The molecule has 1 aromatic rings. The van der Waals surface area contributed by atoms with Gasteiger partial charge < -0.3 is 0 Å². The van der Waals surface area contributed by atoms with Gasteiger partial charge in [0, 0.05) is 0 Å². The third-order valence-electron chi connectivity index (χ3n) is 3.10. The number of benzene rings is 1. The summed E-state index contributed by atoms with van der Waals surface area (Å²) >= 11 is 0. The Balaban J connectivity index is 3.14. The Morgan fingerprint density at radius 3 is 2.05 bits per heavy atom. The zero-order valence-electron chi connectivity index (χ0n) is 9.98. The Bertz CT molecular complexity index is 878. The molecule has 2 rings (SSSR count). The summed E-state index contributed by atoms with van der Waals surface area (Å²) < 4.78 is 69.7. The van der Waals surface area contributed by atoms with Gasteiger partial charge in [0.2, 0.25) is 19.9 Å². The van der Waals surface area contributed by atoms with E-state index in [4.69, 9.17) is 5.14 Å². The Hall–Kier alpha value is -0.970. The van der Waals surface area contributed by atoms with Crippen molar-refractivity contribution >= 4 is 29.7 Å². The lowest BCUT2D eigenvalue weighted by atomic mass is 10.4. The standard InChI is InChI=1S/C9H11NO6S3/c1-9(2)17(11,12)6-4-3-5-7(19(10,15)16)8(6)18(9,13)14/h3-5H,1-2H3,(H2,10,15,16). The predicted octanol–water partition coefficient (Wildman–Crippen LogP) is -0.369. The van der Waals surface area contributed by atoms with Gasteiger partial charge >= 0.3 is 0 Å². The molecular formula is C9H11NO6S3. The topological polar surface area (TPSA) is 128 Å². The third-order valence-corrected chi connectivity index (χ3v) is 10.1. The van der Waals surface area contributed by atoms with Gasteiger partial charge in [-0.25, -0.2) is 30.4 Å². The van der Waals surface area contributed by atoms with E-state index in [1.165, 1.54) is 0 Å². The van der Waals surface area contributed by atoms with E-state index in [-0.39, 0.29) is 0 Å². The van der Waals surface area contributed by atoms with E-state index in [1.807, 2.05) is 0 Å². The Labute approximate surface area is 111 Å². The molecule has 0 aliphatic carbocycles. The van der Waals surface area contributed by atoms with Crippen molar-refractivity contribution < 1.29 is 25.3 Å². The Morgan fingerprint density at radius 1 is 1.05 bits per heavy atom. The summed E-state index contributed by atoms with van der Waals surface area (Å²) in [5.41, 5.74) is 0. The van der Waals surface area contributed by atoms with Crippen molar-refractivity contribution in [2.24, 2.45) is 5.14 Å². The van der Waals surface area contributed by atoms with Gasteiger partial charge in [-0.3, -0.25) is 0 Å². The van der Waals surface area contributed by atoms with Gasteiger partial charge in [0.15, 0.2) is 13.9 Å². The zero-order valence-corrected chi connectivity index (χ0v) is 12.4. The van der Waals surface area contributed by atoms with Gasteiger partial charge in [-0.15, -0.1) is 0 Å². The highest BCUT2D eigenvalue weighted by molar-refractivity contribution is 8.13. The minimum atomic E-state index is -4.35. The highest BCUT2D eigenvalue weighted by Crippen LogP contribution is 2.47. The molecule has 1 aliphatic rings. The minimum absolute atomic E-state index is 0.524. The first kappa shape index (κ1) is 14.4. The average Bonchev–Trinajstić information content (AvgIpc) is 2.35. The van der Waals surface area contributed by atoms with Crippen LogP contribution in [-0.4, -0.2) is 29.3 Å². The van der Waals surface area contributed by atoms with Crippen LogP contribution < -0.4 is 5.14 Å². The maximum Gasteiger partial charge on any atom is 0.239 e. The molecule has 1 aromatic carbocycles. The first-order valence-electron chi connectivity index (χ1n) is 5.00. The molecule has 0 fully saturated rings. The van der Waals surface area contributed by atoms with Crippen LogP contribution in [0.4, 0.5) is 0 Å². The fraction of sp³-hybridized carbons (Fsp3) is 0.333. The number of sulfone groups is 2. The lowest BCUT2D eigenvalue weighted by Crippen LogP contribution is -2.34. The van der Waals surface area contributed by atoms with Crippen molar-refractivity contribution in [3.63, 3.8) is 0 Å². The lowest BCUT2D eigenvalue weighted by molar-refractivity contribution is 0.564.